The van der Waals surface area contributed by atoms with Crippen molar-refractivity contribution in [2.45, 2.75) is 27.2 Å². The Balaban J connectivity index is 2.43. The van der Waals surface area contributed by atoms with E-state index < -0.39 is 0 Å². The molecule has 2 rings (SSSR count). The van der Waals surface area contributed by atoms with Gasteiger partial charge in [0.2, 0.25) is 0 Å². The van der Waals surface area contributed by atoms with Crippen molar-refractivity contribution in [3.63, 3.8) is 0 Å². The van der Waals surface area contributed by atoms with Crippen LogP contribution in [0.25, 0.3) is 0 Å². The monoisotopic (exact) mass is 172 g/mol. The molecule has 1 atom stereocenters. The third kappa shape index (κ3) is 1.53. The number of allylic oxidation sites excluding steroid dienone is 8. The molecule has 68 valence electrons. The summed E-state index contributed by atoms with van der Waals surface area (Å²) in [4.78, 5) is 0. The molecular weight excluding hydrogens is 156 g/mol. The highest BCUT2D eigenvalue weighted by Crippen LogP contribution is 2.34. The first-order valence-electron chi connectivity index (χ1n) is 4.93. The predicted octanol–water partition coefficient (Wildman–Crippen LogP) is 3.79. The third-order valence-corrected chi connectivity index (χ3v) is 2.78. The highest BCUT2D eigenvalue weighted by Gasteiger charge is 2.16. The minimum absolute atomic E-state index is 0.584. The molecule has 1 unspecified atom stereocenters. The number of rotatable bonds is 0. The lowest BCUT2D eigenvalue weighted by Gasteiger charge is -2.05. The second-order valence-corrected chi connectivity index (χ2v) is 4.18. The van der Waals surface area contributed by atoms with Crippen LogP contribution in [0.5, 0.6) is 0 Å². The maximum Gasteiger partial charge on any atom is -0.000439 e. The van der Waals surface area contributed by atoms with E-state index in [9.17, 15) is 0 Å². The van der Waals surface area contributed by atoms with Crippen molar-refractivity contribution in [2.75, 3.05) is 0 Å². The summed E-state index contributed by atoms with van der Waals surface area (Å²) in [5.74, 6) is 0.584. The van der Waals surface area contributed by atoms with E-state index in [1.807, 2.05) is 0 Å². The van der Waals surface area contributed by atoms with Gasteiger partial charge in [-0.2, -0.15) is 0 Å². The molecule has 0 amide bonds. The van der Waals surface area contributed by atoms with Gasteiger partial charge in [-0.05, 0) is 37.3 Å². The van der Waals surface area contributed by atoms with Gasteiger partial charge in [-0.15, -0.1) is 0 Å². The van der Waals surface area contributed by atoms with Crippen LogP contribution in [-0.4, -0.2) is 0 Å². The first kappa shape index (κ1) is 8.55. The first-order chi connectivity index (χ1) is 6.16. The van der Waals surface area contributed by atoms with Crippen molar-refractivity contribution in [1.29, 1.82) is 0 Å². The van der Waals surface area contributed by atoms with Crippen LogP contribution in [0.15, 0.2) is 46.6 Å². The Kier molecular flexibility index (Phi) is 1.99. The molecule has 13 heavy (non-hydrogen) atoms. The minimum Gasteiger partial charge on any atom is -0.0770 e. The van der Waals surface area contributed by atoms with Crippen LogP contribution >= 0.6 is 0 Å². The Bertz CT molecular complexity index is 348. The van der Waals surface area contributed by atoms with E-state index in [4.69, 9.17) is 0 Å². The van der Waals surface area contributed by atoms with Gasteiger partial charge in [0.25, 0.3) is 0 Å². The molecule has 2 aliphatic carbocycles. The van der Waals surface area contributed by atoms with E-state index in [0.717, 1.165) is 6.42 Å². The van der Waals surface area contributed by atoms with E-state index in [1.165, 1.54) is 22.3 Å². The Morgan fingerprint density at radius 2 is 2.00 bits per heavy atom. The Labute approximate surface area is 80.3 Å². The molecule has 2 aliphatic rings. The summed E-state index contributed by atoms with van der Waals surface area (Å²) in [7, 11) is 0. The highest BCUT2D eigenvalue weighted by molar-refractivity contribution is 5.50. The van der Waals surface area contributed by atoms with Crippen molar-refractivity contribution >= 4 is 0 Å². The van der Waals surface area contributed by atoms with Crippen molar-refractivity contribution < 1.29 is 0 Å². The van der Waals surface area contributed by atoms with E-state index >= 15 is 0 Å². The van der Waals surface area contributed by atoms with Crippen molar-refractivity contribution in [3.8, 4) is 0 Å². The molecule has 0 N–H and O–H groups in total. The summed E-state index contributed by atoms with van der Waals surface area (Å²) >= 11 is 0. The summed E-state index contributed by atoms with van der Waals surface area (Å²) in [5.41, 5.74) is 5.91. The highest BCUT2D eigenvalue weighted by atomic mass is 14.2. The van der Waals surface area contributed by atoms with E-state index in [1.54, 1.807) is 0 Å². The van der Waals surface area contributed by atoms with Gasteiger partial charge in [0.15, 0.2) is 0 Å². The lowest BCUT2D eigenvalue weighted by molar-refractivity contribution is 0.887. The fourth-order valence-corrected chi connectivity index (χ4v) is 2.09. The largest absolute Gasteiger partial charge is 0.0770 e. The maximum absolute atomic E-state index is 2.35. The molecular formula is C13H16. The molecule has 0 nitrogen and oxygen atoms in total. The van der Waals surface area contributed by atoms with E-state index in [2.05, 4.69) is 45.1 Å². The zero-order valence-corrected chi connectivity index (χ0v) is 8.59. The molecule has 0 aromatic carbocycles. The summed E-state index contributed by atoms with van der Waals surface area (Å²) in [6.07, 6.45) is 10.3. The Morgan fingerprint density at radius 3 is 2.77 bits per heavy atom. The molecule has 0 saturated heterocycles. The van der Waals surface area contributed by atoms with Gasteiger partial charge in [0, 0.05) is 0 Å². The SMILES string of the molecule is CC1=CC2=C(C=C(C)C2)C(C)C=C1. The maximum atomic E-state index is 2.35. The minimum atomic E-state index is 0.584. The molecule has 0 saturated carbocycles. The van der Waals surface area contributed by atoms with Crippen LogP contribution in [0.1, 0.15) is 27.2 Å². The quantitative estimate of drug-likeness (QED) is 0.521. The standard InChI is InChI=1S/C13H16/c1-9-4-5-11(3)13-8-10(2)7-12(13)6-9/h4-6,8,11H,7H2,1-3H3. The summed E-state index contributed by atoms with van der Waals surface area (Å²) in [6.45, 7) is 6.66. The van der Waals surface area contributed by atoms with E-state index in [0.29, 0.717) is 5.92 Å². The molecule has 0 heteroatoms. The van der Waals surface area contributed by atoms with Crippen molar-refractivity contribution in [3.05, 3.63) is 46.6 Å². The van der Waals surface area contributed by atoms with Crippen LogP contribution < -0.4 is 0 Å². The van der Waals surface area contributed by atoms with Gasteiger partial charge in [0.05, 0.1) is 0 Å². The summed E-state index contributed by atoms with van der Waals surface area (Å²) < 4.78 is 0. The average Bonchev–Trinajstić information content (AvgIpc) is 2.37. The third-order valence-electron chi connectivity index (χ3n) is 2.78. The van der Waals surface area contributed by atoms with Crippen LogP contribution in [-0.2, 0) is 0 Å². The smallest absolute Gasteiger partial charge is 0.000439 e. The van der Waals surface area contributed by atoms with Crippen LogP contribution in [0.2, 0.25) is 0 Å². The second-order valence-electron chi connectivity index (χ2n) is 4.18. The van der Waals surface area contributed by atoms with Crippen molar-refractivity contribution in [1.82, 2.24) is 0 Å². The molecule has 0 radical (unpaired) electrons. The second kappa shape index (κ2) is 3.02. The zero-order valence-electron chi connectivity index (χ0n) is 8.59. The number of hydrogen-bond acceptors (Lipinski definition) is 0. The lowest BCUT2D eigenvalue weighted by Crippen LogP contribution is -1.91. The van der Waals surface area contributed by atoms with Gasteiger partial charge in [-0.1, -0.05) is 42.4 Å². The lowest BCUT2D eigenvalue weighted by atomic mass is 9.99. The molecule has 0 heterocycles. The van der Waals surface area contributed by atoms with Crippen LogP contribution in [0, 0.1) is 5.92 Å². The molecule has 0 aliphatic heterocycles. The molecule has 0 aromatic heterocycles. The average molecular weight is 172 g/mol. The van der Waals surface area contributed by atoms with Gasteiger partial charge in [-0.25, -0.2) is 0 Å². The van der Waals surface area contributed by atoms with E-state index in [-0.39, 0.29) is 0 Å². The zero-order chi connectivity index (χ0) is 9.42. The Hall–Kier alpha value is -1.04. The molecule has 0 spiro atoms. The fourth-order valence-electron chi connectivity index (χ4n) is 2.09. The van der Waals surface area contributed by atoms with Gasteiger partial charge in [0.1, 0.15) is 0 Å². The molecule has 0 aromatic rings. The summed E-state index contributed by atoms with van der Waals surface area (Å²) in [5, 5.41) is 0. The van der Waals surface area contributed by atoms with Gasteiger partial charge < -0.3 is 0 Å². The molecule has 0 bridgehead atoms. The fraction of sp³-hybridized carbons (Fsp3) is 0.385. The van der Waals surface area contributed by atoms with Gasteiger partial charge in [-0.3, -0.25) is 0 Å². The normalized spacial score (nSPS) is 26.8. The predicted molar refractivity (Wildman–Crippen MR) is 57.5 cm³/mol. The Morgan fingerprint density at radius 1 is 1.23 bits per heavy atom. The van der Waals surface area contributed by atoms with Crippen LogP contribution in [0.3, 0.4) is 0 Å². The molecule has 0 fully saturated rings. The summed E-state index contributed by atoms with van der Waals surface area (Å²) in [6, 6.07) is 0. The van der Waals surface area contributed by atoms with Gasteiger partial charge >= 0.3 is 0 Å². The van der Waals surface area contributed by atoms with Crippen molar-refractivity contribution in [2.24, 2.45) is 5.92 Å². The topological polar surface area (TPSA) is 0 Å². The van der Waals surface area contributed by atoms with Crippen LogP contribution in [0.4, 0.5) is 0 Å². The number of hydrogen-bond donors (Lipinski definition) is 0. The first-order valence-corrected chi connectivity index (χ1v) is 4.93.